The number of benzene rings is 2. The number of aromatic nitrogens is 2. The zero-order chi connectivity index (χ0) is 33.1. The van der Waals surface area contributed by atoms with Crippen molar-refractivity contribution in [2.75, 3.05) is 49.2 Å². The minimum absolute atomic E-state index is 0.0567. The highest BCUT2D eigenvalue weighted by molar-refractivity contribution is 7.74. The van der Waals surface area contributed by atoms with Crippen LogP contribution < -0.4 is 25.0 Å². The Hall–Kier alpha value is -4.25. The van der Waals surface area contributed by atoms with Gasteiger partial charge in [0, 0.05) is 38.9 Å². The Morgan fingerprint density at radius 3 is 2.60 bits per heavy atom. The van der Waals surface area contributed by atoms with Crippen molar-refractivity contribution in [2.45, 2.75) is 38.3 Å². The van der Waals surface area contributed by atoms with Crippen LogP contribution in [0.1, 0.15) is 33.5 Å². The summed E-state index contributed by atoms with van der Waals surface area (Å²) in [6.07, 6.45) is -5.32. The van der Waals surface area contributed by atoms with E-state index in [9.17, 15) is 30.8 Å². The third-order valence-corrected chi connectivity index (χ3v) is 7.92. The van der Waals surface area contributed by atoms with Crippen LogP contribution in [-0.4, -0.2) is 75.7 Å². The van der Waals surface area contributed by atoms with Gasteiger partial charge < -0.3 is 25.6 Å². The Balaban J connectivity index is 1.59. The molecule has 3 N–H and O–H groups in total. The highest BCUT2D eigenvalue weighted by Crippen LogP contribution is 2.36. The number of rotatable bonds is 10. The fourth-order valence-corrected chi connectivity index (χ4v) is 5.12. The topological polar surface area (TPSA) is 129 Å². The second-order valence-corrected chi connectivity index (χ2v) is 11.6. The second-order valence-electron chi connectivity index (χ2n) is 10.5. The number of ether oxygens (including phenoxy) is 1. The number of likely N-dealkylation sites (tertiary alicyclic amines) is 1. The fourth-order valence-electron chi connectivity index (χ4n) is 4.76. The number of amides is 1. The molecule has 2 aromatic carbocycles. The van der Waals surface area contributed by atoms with Crippen LogP contribution in [0.15, 0.2) is 36.5 Å². The molecule has 2 heterocycles. The summed E-state index contributed by atoms with van der Waals surface area (Å²) < 4.78 is 100. The van der Waals surface area contributed by atoms with Gasteiger partial charge >= 0.3 is 6.18 Å². The maximum absolute atomic E-state index is 15.1. The van der Waals surface area contributed by atoms with Gasteiger partial charge in [-0.3, -0.25) is 9.10 Å². The van der Waals surface area contributed by atoms with Crippen molar-refractivity contribution in [3.8, 4) is 5.75 Å². The lowest BCUT2D eigenvalue weighted by molar-refractivity contribution is -0.137. The van der Waals surface area contributed by atoms with Gasteiger partial charge in [0.1, 0.15) is 29.1 Å². The molecule has 0 aliphatic carbocycles. The first-order valence-corrected chi connectivity index (χ1v) is 14.7. The molecule has 0 unspecified atom stereocenters. The Morgan fingerprint density at radius 2 is 1.96 bits per heavy atom. The summed E-state index contributed by atoms with van der Waals surface area (Å²) in [6.45, 7) is 2.17. The first kappa shape index (κ1) is 33.6. The summed E-state index contributed by atoms with van der Waals surface area (Å²) in [5.74, 6) is -2.91. The summed E-state index contributed by atoms with van der Waals surface area (Å²) in [7, 11) is 1.29. The number of thiol groups is 1. The quantitative estimate of drug-likeness (QED) is 0.189. The number of alkyl halides is 4. The van der Waals surface area contributed by atoms with E-state index in [1.165, 1.54) is 14.2 Å². The van der Waals surface area contributed by atoms with Crippen LogP contribution in [-0.2, 0) is 23.6 Å². The van der Waals surface area contributed by atoms with E-state index in [4.69, 9.17) is 4.74 Å². The predicted octanol–water partition coefficient (Wildman–Crippen LogP) is 4.04. The molecule has 1 saturated heterocycles. The average molecular weight is 658 g/mol. The molecule has 244 valence electrons. The largest absolute Gasteiger partial charge is 0.495 e. The number of carbonyl (C=O) groups is 1. The SMILES string of the molecule is COc1cc(C(=O)N[C@H]2CCN(C)C[C@H]2F)c(F)cc1Nc1ncc(C(F)(F)F)c(NCc2ccc(C)cc2N(C)[SH](=O)=O)n1. The lowest BCUT2D eigenvalue weighted by atomic mass is 10.0. The lowest BCUT2D eigenvalue weighted by Gasteiger charge is -2.32. The number of anilines is 4. The first-order valence-electron chi connectivity index (χ1n) is 13.6. The molecular formula is C28H32F5N7O4S. The number of nitrogens with one attached hydrogen (secondary N) is 3. The standard InChI is InChI=1S/C28H32F5N7O4S/c1-15-5-6-16(23(9-15)40(3)45(42)43)12-34-25-18(28(31,32)33)13-35-27(38-25)37-22-11-19(29)17(10-24(22)44-4)26(41)36-21-7-8-39(2)14-20(21)30/h5-6,9-11,13,20-21,45H,7-8,12,14H2,1-4H3,(H,36,41)(H2,34,35,37,38)/t20-,21+/m1/s1. The molecule has 4 rings (SSSR count). The Labute approximate surface area is 257 Å². The van der Waals surface area contributed by atoms with Gasteiger partial charge in [0.25, 0.3) is 5.91 Å². The summed E-state index contributed by atoms with van der Waals surface area (Å²) in [6, 6.07) is 6.00. The van der Waals surface area contributed by atoms with Crippen LogP contribution in [0.5, 0.6) is 5.75 Å². The van der Waals surface area contributed by atoms with E-state index in [1.54, 1.807) is 37.1 Å². The summed E-state index contributed by atoms with van der Waals surface area (Å²) >= 11 is 0. The van der Waals surface area contributed by atoms with Crippen molar-refractivity contribution >= 4 is 39.9 Å². The highest BCUT2D eigenvalue weighted by Gasteiger charge is 2.35. The molecular weight excluding hydrogens is 625 g/mol. The summed E-state index contributed by atoms with van der Waals surface area (Å²) in [4.78, 5) is 22.2. The molecule has 11 nitrogen and oxygen atoms in total. The number of carbonyl (C=O) groups excluding carboxylic acids is 1. The van der Waals surface area contributed by atoms with E-state index in [-0.39, 0.29) is 36.2 Å². The van der Waals surface area contributed by atoms with Crippen LogP contribution >= 0.6 is 0 Å². The number of aryl methyl sites for hydroxylation is 1. The van der Waals surface area contributed by atoms with E-state index >= 15 is 4.39 Å². The number of halogens is 5. The van der Waals surface area contributed by atoms with Gasteiger partial charge in [-0.05, 0) is 43.7 Å². The van der Waals surface area contributed by atoms with E-state index < -0.39 is 57.9 Å². The maximum Gasteiger partial charge on any atom is 0.421 e. The van der Waals surface area contributed by atoms with Gasteiger partial charge in [0.2, 0.25) is 16.8 Å². The second kappa shape index (κ2) is 13.8. The number of piperidine rings is 1. The smallest absolute Gasteiger partial charge is 0.421 e. The minimum Gasteiger partial charge on any atom is -0.495 e. The third kappa shape index (κ3) is 8.08. The molecule has 1 aliphatic heterocycles. The molecule has 1 aromatic heterocycles. The predicted molar refractivity (Wildman–Crippen MR) is 159 cm³/mol. The van der Waals surface area contributed by atoms with Crippen LogP contribution in [0, 0.1) is 12.7 Å². The average Bonchev–Trinajstić information content (AvgIpc) is 2.97. The molecule has 2 atom stereocenters. The molecule has 0 saturated carbocycles. The van der Waals surface area contributed by atoms with Gasteiger partial charge in [-0.25, -0.2) is 22.2 Å². The number of hydrogen-bond acceptors (Lipinski definition) is 9. The maximum atomic E-state index is 15.1. The van der Waals surface area contributed by atoms with Crippen molar-refractivity contribution in [1.29, 1.82) is 0 Å². The third-order valence-electron chi connectivity index (χ3n) is 7.22. The highest BCUT2D eigenvalue weighted by atomic mass is 32.2. The van der Waals surface area contributed by atoms with Gasteiger partial charge in [-0.2, -0.15) is 18.2 Å². The number of methoxy groups -OCH3 is 1. The number of hydrogen-bond donors (Lipinski definition) is 4. The van der Waals surface area contributed by atoms with E-state index in [0.29, 0.717) is 24.7 Å². The number of nitrogens with zero attached hydrogens (tertiary/aromatic N) is 4. The summed E-state index contributed by atoms with van der Waals surface area (Å²) in [5, 5.41) is 7.72. The molecule has 0 spiro atoms. The molecule has 3 aromatic rings. The van der Waals surface area contributed by atoms with Crippen LogP contribution in [0.2, 0.25) is 0 Å². The van der Waals surface area contributed by atoms with Crippen molar-refractivity contribution in [3.05, 3.63) is 64.6 Å². The molecule has 17 heteroatoms. The van der Waals surface area contributed by atoms with Crippen molar-refractivity contribution in [1.82, 2.24) is 20.2 Å². The first-order chi connectivity index (χ1) is 21.2. The van der Waals surface area contributed by atoms with Crippen LogP contribution in [0.4, 0.5) is 45.1 Å². The molecule has 45 heavy (non-hydrogen) atoms. The fraction of sp³-hybridized carbons (Fsp3) is 0.393. The van der Waals surface area contributed by atoms with Crippen molar-refractivity contribution in [2.24, 2.45) is 0 Å². The van der Waals surface area contributed by atoms with E-state index in [0.717, 1.165) is 22.0 Å². The molecule has 0 bridgehead atoms. The normalized spacial score (nSPS) is 17.2. The molecule has 0 radical (unpaired) electrons. The van der Waals surface area contributed by atoms with E-state index in [2.05, 4.69) is 25.9 Å². The molecule has 1 amide bonds. The van der Waals surface area contributed by atoms with E-state index in [1.807, 2.05) is 0 Å². The van der Waals surface area contributed by atoms with Crippen molar-refractivity contribution < 1.29 is 39.9 Å². The lowest BCUT2D eigenvalue weighted by Crippen LogP contribution is -2.51. The minimum atomic E-state index is -4.85. The Bertz CT molecular complexity index is 1630. The van der Waals surface area contributed by atoms with Gasteiger partial charge in [0.05, 0.1) is 30.1 Å². The summed E-state index contributed by atoms with van der Waals surface area (Å²) in [5.41, 5.74) is -0.336. The monoisotopic (exact) mass is 657 g/mol. The molecule has 1 aliphatic rings. The van der Waals surface area contributed by atoms with Gasteiger partial charge in [-0.1, -0.05) is 12.1 Å². The van der Waals surface area contributed by atoms with Gasteiger partial charge in [-0.15, -0.1) is 0 Å². The van der Waals surface area contributed by atoms with Crippen molar-refractivity contribution in [3.63, 3.8) is 0 Å². The Morgan fingerprint density at radius 1 is 1.22 bits per heavy atom. The zero-order valence-electron chi connectivity index (χ0n) is 24.7. The molecule has 1 fully saturated rings. The Kier molecular flexibility index (Phi) is 10.3. The van der Waals surface area contributed by atoms with Crippen LogP contribution in [0.25, 0.3) is 0 Å². The zero-order valence-corrected chi connectivity index (χ0v) is 25.6. The van der Waals surface area contributed by atoms with Crippen LogP contribution in [0.3, 0.4) is 0 Å². The van der Waals surface area contributed by atoms with Gasteiger partial charge in [0.15, 0.2) is 0 Å².